The number of hydrogen-bond donors (Lipinski definition) is 2. The summed E-state index contributed by atoms with van der Waals surface area (Å²) in [5, 5.41) is 2.51. The second kappa shape index (κ2) is 8.08. The van der Waals surface area contributed by atoms with Crippen LogP contribution in [0.5, 0.6) is 0 Å². The van der Waals surface area contributed by atoms with Crippen LogP contribution < -0.4 is 11.1 Å². The van der Waals surface area contributed by atoms with Crippen LogP contribution in [-0.2, 0) is 9.53 Å². The lowest BCUT2D eigenvalue weighted by Gasteiger charge is -2.37. The molecule has 1 aliphatic heterocycles. The first-order valence-corrected chi connectivity index (χ1v) is 8.75. The molecule has 3 N–H and O–H groups in total. The van der Waals surface area contributed by atoms with Crippen LogP contribution in [-0.4, -0.2) is 52.2 Å². The summed E-state index contributed by atoms with van der Waals surface area (Å²) in [4.78, 5) is 41.7. The zero-order chi connectivity index (χ0) is 20.4. The number of nitrogens with zero attached hydrogens (tertiary/aromatic N) is 2. The average Bonchev–Trinajstić information content (AvgIpc) is 2.54. The standard InChI is InChI=1S/C17H22ClFN4O4/c1-17(2,3)27-16(26)23-5-4-9(19)6-12(23)15(25)22-11-8-21-13(18)7-10(11)14(20)24/h7-9,12H,4-6H2,1-3H3,(H2,20,24)(H,22,25). The van der Waals surface area contributed by atoms with Gasteiger partial charge in [0.2, 0.25) is 5.91 Å². The summed E-state index contributed by atoms with van der Waals surface area (Å²) in [6.45, 7) is 5.12. The van der Waals surface area contributed by atoms with E-state index in [1.54, 1.807) is 20.8 Å². The highest BCUT2D eigenvalue weighted by molar-refractivity contribution is 6.30. The molecule has 0 saturated carbocycles. The molecule has 0 aliphatic carbocycles. The van der Waals surface area contributed by atoms with Gasteiger partial charge in [-0.1, -0.05) is 11.6 Å². The Kier molecular flexibility index (Phi) is 6.25. The molecule has 0 bridgehead atoms. The van der Waals surface area contributed by atoms with E-state index in [1.165, 1.54) is 17.2 Å². The summed E-state index contributed by atoms with van der Waals surface area (Å²) in [7, 11) is 0. The number of rotatable bonds is 3. The van der Waals surface area contributed by atoms with Gasteiger partial charge in [0.25, 0.3) is 5.91 Å². The van der Waals surface area contributed by atoms with Crippen molar-refractivity contribution in [3.05, 3.63) is 23.0 Å². The van der Waals surface area contributed by atoms with Crippen LogP contribution in [0.2, 0.25) is 5.15 Å². The van der Waals surface area contributed by atoms with Gasteiger partial charge in [0.1, 0.15) is 23.0 Å². The minimum atomic E-state index is -1.24. The Balaban J connectivity index is 2.23. The maximum Gasteiger partial charge on any atom is 0.410 e. The van der Waals surface area contributed by atoms with E-state index in [-0.39, 0.29) is 35.8 Å². The predicted molar refractivity (Wildman–Crippen MR) is 97.3 cm³/mol. The lowest BCUT2D eigenvalue weighted by atomic mass is 10.00. The third-order valence-electron chi connectivity index (χ3n) is 3.86. The third-order valence-corrected chi connectivity index (χ3v) is 4.07. The van der Waals surface area contributed by atoms with Gasteiger partial charge in [0.05, 0.1) is 17.4 Å². The Morgan fingerprint density at radius 3 is 2.67 bits per heavy atom. The van der Waals surface area contributed by atoms with Crippen molar-refractivity contribution in [2.75, 3.05) is 11.9 Å². The van der Waals surface area contributed by atoms with Gasteiger partial charge in [-0.15, -0.1) is 0 Å². The van der Waals surface area contributed by atoms with Crippen molar-refractivity contribution in [2.45, 2.75) is 51.4 Å². The number of carbonyl (C=O) groups excluding carboxylic acids is 3. The minimum absolute atomic E-state index is 0.0265. The largest absolute Gasteiger partial charge is 0.444 e. The van der Waals surface area contributed by atoms with Gasteiger partial charge in [-0.05, 0) is 33.3 Å². The number of likely N-dealkylation sites (tertiary alicyclic amines) is 1. The normalized spacial score (nSPS) is 20.1. The molecule has 2 heterocycles. The van der Waals surface area contributed by atoms with Crippen molar-refractivity contribution in [1.29, 1.82) is 0 Å². The number of aromatic nitrogens is 1. The molecule has 0 spiro atoms. The molecule has 27 heavy (non-hydrogen) atoms. The highest BCUT2D eigenvalue weighted by atomic mass is 35.5. The quantitative estimate of drug-likeness (QED) is 0.756. The number of hydrogen-bond acceptors (Lipinski definition) is 5. The van der Waals surface area contributed by atoms with Gasteiger partial charge in [-0.2, -0.15) is 0 Å². The van der Waals surface area contributed by atoms with Crippen molar-refractivity contribution >= 4 is 35.2 Å². The summed E-state index contributed by atoms with van der Waals surface area (Å²) in [6.07, 6.45) is -0.846. The van der Waals surface area contributed by atoms with E-state index in [1.807, 2.05) is 0 Å². The molecule has 1 fully saturated rings. The number of alkyl halides is 1. The van der Waals surface area contributed by atoms with Crippen molar-refractivity contribution in [1.82, 2.24) is 9.88 Å². The molecular formula is C17H22ClFN4O4. The summed E-state index contributed by atoms with van der Waals surface area (Å²) in [5.41, 5.74) is 4.51. The molecule has 1 saturated heterocycles. The molecule has 1 aromatic heterocycles. The maximum atomic E-state index is 13.9. The molecular weight excluding hydrogens is 379 g/mol. The predicted octanol–water partition coefficient (Wildman–Crippen LogP) is 2.51. The number of primary amides is 1. The lowest BCUT2D eigenvalue weighted by molar-refractivity contribution is -0.123. The van der Waals surface area contributed by atoms with E-state index in [4.69, 9.17) is 22.1 Å². The second-order valence-corrected chi connectivity index (χ2v) is 7.60. The summed E-state index contributed by atoms with van der Waals surface area (Å²) < 4.78 is 19.2. The van der Waals surface area contributed by atoms with Gasteiger partial charge in [-0.25, -0.2) is 14.2 Å². The van der Waals surface area contributed by atoms with Crippen LogP contribution in [0, 0.1) is 0 Å². The fourth-order valence-electron chi connectivity index (χ4n) is 2.66. The molecule has 3 amide bonds. The number of nitrogens with two attached hydrogens (primary N) is 1. The molecule has 8 nitrogen and oxygen atoms in total. The Morgan fingerprint density at radius 1 is 1.41 bits per heavy atom. The van der Waals surface area contributed by atoms with E-state index in [0.29, 0.717) is 0 Å². The van der Waals surface area contributed by atoms with Crippen LogP contribution in [0.3, 0.4) is 0 Å². The topological polar surface area (TPSA) is 115 Å². The minimum Gasteiger partial charge on any atom is -0.444 e. The molecule has 1 aromatic rings. The van der Waals surface area contributed by atoms with Crippen LogP contribution in [0.1, 0.15) is 44.0 Å². The molecule has 1 aliphatic rings. The van der Waals surface area contributed by atoms with Gasteiger partial charge >= 0.3 is 6.09 Å². The summed E-state index contributed by atoms with van der Waals surface area (Å²) in [6, 6.07) is 0.115. The first kappa shape index (κ1) is 20.9. The maximum absolute atomic E-state index is 13.9. The zero-order valence-electron chi connectivity index (χ0n) is 15.3. The number of carbonyl (C=O) groups is 3. The number of amides is 3. The molecule has 148 valence electrons. The Bertz CT molecular complexity index is 753. The smallest absolute Gasteiger partial charge is 0.410 e. The van der Waals surface area contributed by atoms with E-state index in [9.17, 15) is 18.8 Å². The lowest BCUT2D eigenvalue weighted by Crippen LogP contribution is -2.53. The van der Waals surface area contributed by atoms with Gasteiger partial charge < -0.3 is 15.8 Å². The van der Waals surface area contributed by atoms with Crippen LogP contribution in [0.4, 0.5) is 14.9 Å². The number of anilines is 1. The number of piperidine rings is 1. The SMILES string of the molecule is CC(C)(C)OC(=O)N1CCC(F)CC1C(=O)Nc1cnc(Cl)cc1C(N)=O. The summed E-state index contributed by atoms with van der Waals surface area (Å²) in [5.74, 6) is -1.49. The fourth-order valence-corrected chi connectivity index (χ4v) is 2.82. The summed E-state index contributed by atoms with van der Waals surface area (Å²) >= 11 is 5.74. The second-order valence-electron chi connectivity index (χ2n) is 7.22. The first-order chi connectivity index (χ1) is 12.5. The highest BCUT2D eigenvalue weighted by Gasteiger charge is 2.38. The van der Waals surface area contributed by atoms with E-state index in [0.717, 1.165) is 0 Å². The molecule has 0 aromatic carbocycles. The fraction of sp³-hybridized carbons (Fsp3) is 0.529. The Morgan fingerprint density at radius 2 is 2.07 bits per heavy atom. The van der Waals surface area contributed by atoms with Crippen molar-refractivity contribution in [2.24, 2.45) is 5.73 Å². The zero-order valence-corrected chi connectivity index (χ0v) is 16.0. The number of halogens is 2. The highest BCUT2D eigenvalue weighted by Crippen LogP contribution is 2.25. The van der Waals surface area contributed by atoms with Gasteiger partial charge in [0.15, 0.2) is 0 Å². The first-order valence-electron chi connectivity index (χ1n) is 8.38. The van der Waals surface area contributed by atoms with Crippen LogP contribution >= 0.6 is 11.6 Å². The van der Waals surface area contributed by atoms with Crippen LogP contribution in [0.25, 0.3) is 0 Å². The number of nitrogens with one attached hydrogen (secondary N) is 1. The monoisotopic (exact) mass is 400 g/mol. The molecule has 10 heteroatoms. The van der Waals surface area contributed by atoms with Crippen molar-refractivity contribution in [3.63, 3.8) is 0 Å². The Hall–Kier alpha value is -2.42. The average molecular weight is 401 g/mol. The van der Waals surface area contributed by atoms with Gasteiger partial charge in [0, 0.05) is 13.0 Å². The third kappa shape index (κ3) is 5.53. The van der Waals surface area contributed by atoms with E-state index < -0.39 is 35.7 Å². The Labute approximate surface area is 161 Å². The van der Waals surface area contributed by atoms with Crippen LogP contribution in [0.15, 0.2) is 12.3 Å². The van der Waals surface area contributed by atoms with Crippen molar-refractivity contribution in [3.8, 4) is 0 Å². The number of pyridine rings is 1. The number of ether oxygens (including phenoxy) is 1. The van der Waals surface area contributed by atoms with E-state index in [2.05, 4.69) is 10.3 Å². The molecule has 2 rings (SSSR count). The van der Waals surface area contributed by atoms with Gasteiger partial charge in [-0.3, -0.25) is 14.5 Å². The molecule has 2 atom stereocenters. The van der Waals surface area contributed by atoms with Crippen molar-refractivity contribution < 1.29 is 23.5 Å². The van der Waals surface area contributed by atoms with E-state index >= 15 is 0 Å². The molecule has 2 unspecified atom stereocenters. The molecule has 0 radical (unpaired) electrons.